The summed E-state index contributed by atoms with van der Waals surface area (Å²) in [5.41, 5.74) is -0.0456. The third-order valence-corrected chi connectivity index (χ3v) is 3.31. The first kappa shape index (κ1) is 15.9. The number of rotatable bonds is 5. The molecule has 6 heteroatoms. The van der Waals surface area contributed by atoms with Crippen LogP contribution in [0.3, 0.4) is 0 Å². The van der Waals surface area contributed by atoms with E-state index in [2.05, 4.69) is 6.58 Å². The predicted molar refractivity (Wildman–Crippen MR) is 69.6 cm³/mol. The van der Waals surface area contributed by atoms with Crippen molar-refractivity contribution in [3.8, 4) is 0 Å². The maximum atomic E-state index is 12.0. The van der Waals surface area contributed by atoms with Crippen molar-refractivity contribution in [1.29, 1.82) is 0 Å². The van der Waals surface area contributed by atoms with Crippen LogP contribution in [-0.4, -0.2) is 38.7 Å². The molecule has 0 radical (unpaired) electrons. The maximum absolute atomic E-state index is 12.0. The van der Waals surface area contributed by atoms with Crippen molar-refractivity contribution in [2.75, 3.05) is 20.8 Å². The van der Waals surface area contributed by atoms with Gasteiger partial charge in [-0.05, 0) is 24.0 Å². The zero-order chi connectivity index (χ0) is 15.3. The number of carbonyl (C=O) groups excluding carboxylic acids is 3. The van der Waals surface area contributed by atoms with E-state index < -0.39 is 23.3 Å². The van der Waals surface area contributed by atoms with Gasteiger partial charge in [0.2, 0.25) is 0 Å². The zero-order valence-corrected chi connectivity index (χ0v) is 11.9. The Balaban J connectivity index is 3.05. The summed E-state index contributed by atoms with van der Waals surface area (Å²) in [5, 5.41) is 0. The summed E-state index contributed by atoms with van der Waals surface area (Å²) in [4.78, 5) is 34.9. The van der Waals surface area contributed by atoms with Crippen LogP contribution in [0, 0.1) is 5.41 Å². The number of carbonyl (C=O) groups is 3. The Morgan fingerprint density at radius 1 is 1.20 bits per heavy atom. The third-order valence-electron chi connectivity index (χ3n) is 3.31. The highest BCUT2D eigenvalue weighted by molar-refractivity contribution is 6.01. The summed E-state index contributed by atoms with van der Waals surface area (Å²) in [6.45, 7) is 4.96. The van der Waals surface area contributed by atoms with Gasteiger partial charge in [0.25, 0.3) is 0 Å². The SMILES string of the molecule is C=CC1=C(COC(C)=O)CC(C(=O)OC)(C(=O)OC)C1. The van der Waals surface area contributed by atoms with Crippen LogP contribution < -0.4 is 0 Å². The van der Waals surface area contributed by atoms with Crippen LogP contribution >= 0.6 is 0 Å². The fraction of sp³-hybridized carbons (Fsp3) is 0.500. The summed E-state index contributed by atoms with van der Waals surface area (Å²) in [5.74, 6) is -1.77. The van der Waals surface area contributed by atoms with Gasteiger partial charge in [-0.2, -0.15) is 0 Å². The van der Waals surface area contributed by atoms with Crippen molar-refractivity contribution >= 4 is 17.9 Å². The Bertz CT molecular complexity index is 458. The van der Waals surface area contributed by atoms with Crippen LogP contribution in [0.1, 0.15) is 19.8 Å². The van der Waals surface area contributed by atoms with E-state index in [1.807, 2.05) is 0 Å². The molecule has 0 aliphatic heterocycles. The van der Waals surface area contributed by atoms with Crippen LogP contribution in [0.4, 0.5) is 0 Å². The summed E-state index contributed by atoms with van der Waals surface area (Å²) >= 11 is 0. The van der Waals surface area contributed by atoms with E-state index in [0.29, 0.717) is 11.1 Å². The molecular formula is C14H18O6. The molecule has 0 spiro atoms. The quantitative estimate of drug-likeness (QED) is 0.428. The monoisotopic (exact) mass is 282 g/mol. The van der Waals surface area contributed by atoms with Crippen LogP contribution in [-0.2, 0) is 28.6 Å². The van der Waals surface area contributed by atoms with Crippen molar-refractivity contribution in [2.45, 2.75) is 19.8 Å². The van der Waals surface area contributed by atoms with E-state index in [0.717, 1.165) is 0 Å². The van der Waals surface area contributed by atoms with Crippen LogP contribution in [0.15, 0.2) is 23.8 Å². The highest BCUT2D eigenvalue weighted by Crippen LogP contribution is 2.44. The van der Waals surface area contributed by atoms with Gasteiger partial charge in [-0.3, -0.25) is 14.4 Å². The first-order valence-electron chi connectivity index (χ1n) is 6.04. The van der Waals surface area contributed by atoms with Crippen molar-refractivity contribution in [2.24, 2.45) is 5.41 Å². The average molecular weight is 282 g/mol. The fourth-order valence-electron chi connectivity index (χ4n) is 2.30. The summed E-state index contributed by atoms with van der Waals surface area (Å²) in [6.07, 6.45) is 1.78. The van der Waals surface area contributed by atoms with Crippen LogP contribution in [0.25, 0.3) is 0 Å². The minimum Gasteiger partial charge on any atom is -0.468 e. The van der Waals surface area contributed by atoms with E-state index in [4.69, 9.17) is 14.2 Å². The lowest BCUT2D eigenvalue weighted by atomic mass is 9.83. The van der Waals surface area contributed by atoms with Crippen molar-refractivity contribution in [1.82, 2.24) is 0 Å². The number of hydrogen-bond acceptors (Lipinski definition) is 6. The lowest BCUT2D eigenvalue weighted by molar-refractivity contribution is -0.168. The van der Waals surface area contributed by atoms with Crippen molar-refractivity contribution in [3.63, 3.8) is 0 Å². The maximum Gasteiger partial charge on any atom is 0.323 e. The second-order valence-electron chi connectivity index (χ2n) is 4.53. The molecule has 0 amide bonds. The molecule has 0 aromatic heterocycles. The Kier molecular flexibility index (Phi) is 5.07. The standard InChI is InChI=1S/C14H18O6/c1-5-10-6-14(12(16)18-3,13(17)19-4)7-11(10)8-20-9(2)15/h5H,1,6-8H2,2-4H3. The Morgan fingerprint density at radius 2 is 1.75 bits per heavy atom. The van der Waals surface area contributed by atoms with Gasteiger partial charge in [-0.25, -0.2) is 0 Å². The van der Waals surface area contributed by atoms with Gasteiger partial charge in [0.05, 0.1) is 14.2 Å². The van der Waals surface area contributed by atoms with Gasteiger partial charge in [-0.1, -0.05) is 12.7 Å². The van der Waals surface area contributed by atoms with Crippen molar-refractivity contribution in [3.05, 3.63) is 23.8 Å². The molecule has 0 heterocycles. The first-order valence-corrected chi connectivity index (χ1v) is 6.04. The smallest absolute Gasteiger partial charge is 0.323 e. The lowest BCUT2D eigenvalue weighted by Crippen LogP contribution is -2.39. The van der Waals surface area contributed by atoms with Gasteiger partial charge in [0, 0.05) is 6.92 Å². The first-order chi connectivity index (χ1) is 9.41. The Labute approximate surface area is 117 Å². The molecule has 20 heavy (non-hydrogen) atoms. The average Bonchev–Trinajstić information content (AvgIpc) is 2.83. The molecule has 1 aliphatic rings. The van der Waals surface area contributed by atoms with E-state index >= 15 is 0 Å². The van der Waals surface area contributed by atoms with E-state index in [-0.39, 0.29) is 19.4 Å². The van der Waals surface area contributed by atoms with Gasteiger partial charge in [-0.15, -0.1) is 0 Å². The summed E-state index contributed by atoms with van der Waals surface area (Å²) < 4.78 is 14.4. The van der Waals surface area contributed by atoms with Crippen LogP contribution in [0.5, 0.6) is 0 Å². The Hall–Kier alpha value is -2.11. The second-order valence-corrected chi connectivity index (χ2v) is 4.53. The summed E-state index contributed by atoms with van der Waals surface area (Å²) in [6, 6.07) is 0. The second kappa shape index (κ2) is 6.36. The molecule has 0 aromatic carbocycles. The lowest BCUT2D eigenvalue weighted by Gasteiger charge is -2.23. The predicted octanol–water partition coefficient (Wildman–Crippen LogP) is 1.16. The van der Waals surface area contributed by atoms with E-state index in [1.54, 1.807) is 6.08 Å². The van der Waals surface area contributed by atoms with E-state index in [9.17, 15) is 14.4 Å². The molecule has 6 nitrogen and oxygen atoms in total. The minimum atomic E-state index is -1.41. The van der Waals surface area contributed by atoms with Crippen molar-refractivity contribution < 1.29 is 28.6 Å². The molecule has 1 rings (SSSR count). The van der Waals surface area contributed by atoms with Gasteiger partial charge in [0.1, 0.15) is 6.61 Å². The van der Waals surface area contributed by atoms with Gasteiger partial charge < -0.3 is 14.2 Å². The third kappa shape index (κ3) is 2.89. The largest absolute Gasteiger partial charge is 0.468 e. The zero-order valence-electron chi connectivity index (χ0n) is 11.9. The van der Waals surface area contributed by atoms with Gasteiger partial charge >= 0.3 is 17.9 Å². The number of hydrogen-bond donors (Lipinski definition) is 0. The van der Waals surface area contributed by atoms with E-state index in [1.165, 1.54) is 21.1 Å². The normalized spacial score (nSPS) is 16.6. The molecule has 0 unspecified atom stereocenters. The topological polar surface area (TPSA) is 78.9 Å². The molecular weight excluding hydrogens is 264 g/mol. The summed E-state index contributed by atoms with van der Waals surface area (Å²) in [7, 11) is 2.43. The molecule has 110 valence electrons. The highest BCUT2D eigenvalue weighted by atomic mass is 16.5. The number of esters is 3. The molecule has 1 aliphatic carbocycles. The Morgan fingerprint density at radius 3 is 2.15 bits per heavy atom. The molecule has 0 atom stereocenters. The van der Waals surface area contributed by atoms with Crippen LogP contribution in [0.2, 0.25) is 0 Å². The molecule has 0 aromatic rings. The highest BCUT2D eigenvalue weighted by Gasteiger charge is 2.53. The van der Waals surface area contributed by atoms with Gasteiger partial charge in [0.15, 0.2) is 5.41 Å². The number of allylic oxidation sites excluding steroid dienone is 2. The fourth-order valence-corrected chi connectivity index (χ4v) is 2.30. The molecule has 0 saturated heterocycles. The molecule has 0 N–H and O–H groups in total. The number of methoxy groups -OCH3 is 2. The number of ether oxygens (including phenoxy) is 3. The molecule has 0 fully saturated rings. The molecule has 0 saturated carbocycles. The minimum absolute atomic E-state index is 0.0203. The molecule has 0 bridgehead atoms.